The monoisotopic (exact) mass is 677 g/mol. The molecule has 15 nitrogen and oxygen atoms in total. The highest BCUT2D eigenvalue weighted by Crippen LogP contribution is 2.33. The van der Waals surface area contributed by atoms with Crippen molar-refractivity contribution in [3.05, 3.63) is 90.0 Å². The number of anilines is 1. The van der Waals surface area contributed by atoms with Gasteiger partial charge in [0.25, 0.3) is 5.91 Å². The number of rotatable bonds is 8. The number of nitrogens with zero attached hydrogens (tertiary/aromatic N) is 5. The molecule has 1 aliphatic heterocycles. The van der Waals surface area contributed by atoms with Crippen molar-refractivity contribution < 1.29 is 45.5 Å². The van der Waals surface area contributed by atoms with E-state index in [0.717, 1.165) is 6.07 Å². The van der Waals surface area contributed by atoms with Crippen LogP contribution in [0.5, 0.6) is 0 Å². The maximum Gasteiger partial charge on any atom is 0.490 e. The Bertz CT molecular complexity index is 1970. The van der Waals surface area contributed by atoms with Crippen LogP contribution in [0.1, 0.15) is 17.5 Å². The first-order valence-electron chi connectivity index (χ1n) is 12.9. The molecular weight excluding hydrogens is 654 g/mol. The number of amides is 1. The maximum atomic E-state index is 15.2. The summed E-state index contributed by atoms with van der Waals surface area (Å²) in [6, 6.07) is 16.5. The number of sulfonamides is 1. The predicted molar refractivity (Wildman–Crippen MR) is 156 cm³/mol. The standard InChI is InChI=1S/C25H22FN9O4S.C2HF3O2/c26-19-11-15(18-6-1-2-7-22(18)40(29,37)38)8-9-20(19)31-24(36)25(13-35-14-30-33-34-35)12-21(32-39-25)16-4-3-5-17(10-16)23(27)28;3-2(4,5)1(6)7/h1-11,14H,12-13H2,(H3,27,28)(H,31,36)(H2,29,37,38);(H,6,7). The van der Waals surface area contributed by atoms with Crippen molar-refractivity contribution in [3.8, 4) is 11.1 Å². The second kappa shape index (κ2) is 13.3. The van der Waals surface area contributed by atoms with Crippen molar-refractivity contribution in [2.45, 2.75) is 29.6 Å². The quantitative estimate of drug-likeness (QED) is 0.103. The molecule has 0 aliphatic carbocycles. The van der Waals surface area contributed by atoms with E-state index in [-0.39, 0.29) is 40.5 Å². The van der Waals surface area contributed by atoms with Gasteiger partial charge in [0.2, 0.25) is 15.6 Å². The van der Waals surface area contributed by atoms with Crippen molar-refractivity contribution >= 4 is 39.1 Å². The van der Waals surface area contributed by atoms with Crippen molar-refractivity contribution in [2.75, 3.05) is 5.32 Å². The molecule has 47 heavy (non-hydrogen) atoms. The number of benzene rings is 3. The third-order valence-electron chi connectivity index (χ3n) is 6.48. The first-order chi connectivity index (χ1) is 22.0. The van der Waals surface area contributed by atoms with Gasteiger partial charge < -0.3 is 21.0 Å². The lowest BCUT2D eigenvalue weighted by atomic mass is 9.92. The second-order valence-corrected chi connectivity index (χ2v) is 11.3. The van der Waals surface area contributed by atoms with Crippen molar-refractivity contribution in [3.63, 3.8) is 0 Å². The van der Waals surface area contributed by atoms with Gasteiger partial charge in [0, 0.05) is 23.1 Å². The Morgan fingerprint density at radius 1 is 1.09 bits per heavy atom. The fourth-order valence-corrected chi connectivity index (χ4v) is 5.03. The topological polar surface area (TPSA) is 242 Å². The van der Waals surface area contributed by atoms with Gasteiger partial charge in [0.1, 0.15) is 18.0 Å². The summed E-state index contributed by atoms with van der Waals surface area (Å²) < 4.78 is 72.2. The lowest BCUT2D eigenvalue weighted by molar-refractivity contribution is -0.192. The Kier molecular flexibility index (Phi) is 9.66. The predicted octanol–water partition coefficient (Wildman–Crippen LogP) is 2.25. The Morgan fingerprint density at radius 3 is 2.38 bits per heavy atom. The summed E-state index contributed by atoms with van der Waals surface area (Å²) >= 11 is 0. The van der Waals surface area contributed by atoms with Gasteiger partial charge in [-0.05, 0) is 40.3 Å². The van der Waals surface area contributed by atoms with Crippen LogP contribution < -0.4 is 16.2 Å². The van der Waals surface area contributed by atoms with E-state index >= 15 is 4.39 Å². The molecule has 0 saturated carbocycles. The molecule has 0 bridgehead atoms. The number of alkyl halides is 3. The number of carboxylic acids is 1. The lowest BCUT2D eigenvalue weighted by Gasteiger charge is -2.25. The van der Waals surface area contributed by atoms with Gasteiger partial charge in [-0.15, -0.1) is 5.10 Å². The van der Waals surface area contributed by atoms with E-state index in [0.29, 0.717) is 16.8 Å². The number of carboxylic acid groups (broad SMARTS) is 1. The van der Waals surface area contributed by atoms with Gasteiger partial charge in [-0.2, -0.15) is 13.2 Å². The van der Waals surface area contributed by atoms with Gasteiger partial charge in [-0.3, -0.25) is 10.2 Å². The highest BCUT2D eigenvalue weighted by atomic mass is 32.2. The summed E-state index contributed by atoms with van der Waals surface area (Å²) in [5.74, 6) is -4.43. The average Bonchev–Trinajstić information content (AvgIpc) is 3.69. The van der Waals surface area contributed by atoms with E-state index in [9.17, 15) is 26.4 Å². The van der Waals surface area contributed by atoms with Gasteiger partial charge >= 0.3 is 12.1 Å². The van der Waals surface area contributed by atoms with Crippen LogP contribution in [0.4, 0.5) is 23.2 Å². The average molecular weight is 678 g/mol. The number of amidine groups is 1. The Labute approximate surface area is 262 Å². The fourth-order valence-electron chi connectivity index (χ4n) is 4.26. The zero-order valence-corrected chi connectivity index (χ0v) is 24.5. The summed E-state index contributed by atoms with van der Waals surface area (Å²) in [6.07, 6.45) is -3.81. The molecule has 0 saturated heterocycles. The number of carbonyl (C=O) groups is 2. The van der Waals surface area contributed by atoms with Crippen LogP contribution in [-0.2, 0) is 31.0 Å². The maximum absolute atomic E-state index is 15.2. The number of tetrazole rings is 1. The van der Waals surface area contributed by atoms with Crippen LogP contribution in [0.15, 0.2) is 83.1 Å². The number of hydrogen-bond donors (Lipinski definition) is 5. The smallest absolute Gasteiger partial charge is 0.475 e. The summed E-state index contributed by atoms with van der Waals surface area (Å²) in [5.41, 5.74) is 5.69. The minimum Gasteiger partial charge on any atom is -0.475 e. The molecule has 1 atom stereocenters. The molecular formula is C27H23F4N9O6S. The molecule has 1 amide bonds. The molecule has 0 radical (unpaired) electrons. The summed E-state index contributed by atoms with van der Waals surface area (Å²) in [4.78, 5) is 28.0. The molecule has 0 fully saturated rings. The minimum atomic E-state index is -5.08. The van der Waals surface area contributed by atoms with E-state index in [2.05, 4.69) is 26.0 Å². The highest BCUT2D eigenvalue weighted by molar-refractivity contribution is 7.89. The Balaban J connectivity index is 0.000000644. The van der Waals surface area contributed by atoms with Crippen LogP contribution in [0.25, 0.3) is 11.1 Å². The second-order valence-electron chi connectivity index (χ2n) is 9.80. The summed E-state index contributed by atoms with van der Waals surface area (Å²) in [6.45, 7) is -0.146. The number of nitrogens with one attached hydrogen (secondary N) is 2. The van der Waals surface area contributed by atoms with Gasteiger partial charge in [-0.25, -0.2) is 27.4 Å². The van der Waals surface area contributed by atoms with Crippen LogP contribution >= 0.6 is 0 Å². The number of hydrogen-bond acceptors (Lipinski definition) is 10. The largest absolute Gasteiger partial charge is 0.490 e. The molecule has 246 valence electrons. The van der Waals surface area contributed by atoms with Gasteiger partial charge in [0.15, 0.2) is 0 Å². The van der Waals surface area contributed by atoms with Crippen molar-refractivity contribution in [2.24, 2.45) is 16.0 Å². The molecule has 7 N–H and O–H groups in total. The number of aliphatic carboxylic acids is 1. The van der Waals surface area contributed by atoms with E-state index < -0.39 is 39.5 Å². The lowest BCUT2D eigenvalue weighted by Crippen LogP contribution is -2.47. The fraction of sp³-hybridized carbons (Fsp3) is 0.148. The molecule has 1 unspecified atom stereocenters. The number of nitrogens with two attached hydrogens (primary N) is 2. The molecule has 4 aromatic rings. The molecule has 0 spiro atoms. The summed E-state index contributed by atoms with van der Waals surface area (Å²) in [5, 5.41) is 37.7. The third kappa shape index (κ3) is 8.10. The van der Waals surface area contributed by atoms with Crippen LogP contribution in [0.3, 0.4) is 0 Å². The van der Waals surface area contributed by atoms with Gasteiger partial charge in [-0.1, -0.05) is 47.6 Å². The van der Waals surface area contributed by atoms with E-state index in [1.165, 1.54) is 41.3 Å². The molecule has 1 aliphatic rings. The summed E-state index contributed by atoms with van der Waals surface area (Å²) in [7, 11) is -4.06. The Morgan fingerprint density at radius 2 is 1.79 bits per heavy atom. The number of halogens is 4. The number of primary sulfonamides is 1. The van der Waals surface area contributed by atoms with Gasteiger partial charge in [0.05, 0.1) is 22.8 Å². The number of oxime groups is 1. The molecule has 3 aromatic carbocycles. The van der Waals surface area contributed by atoms with E-state index in [1.54, 1.807) is 30.3 Å². The third-order valence-corrected chi connectivity index (χ3v) is 7.45. The van der Waals surface area contributed by atoms with E-state index in [4.69, 9.17) is 31.0 Å². The zero-order chi connectivity index (χ0) is 34.6. The molecule has 5 rings (SSSR count). The van der Waals surface area contributed by atoms with Crippen molar-refractivity contribution in [1.29, 1.82) is 5.41 Å². The zero-order valence-electron chi connectivity index (χ0n) is 23.6. The first-order valence-corrected chi connectivity index (χ1v) is 14.5. The SMILES string of the molecule is N=C(N)c1cccc(C2=NOC(Cn3cnnn3)(C(=O)Nc3ccc(-c4ccccc4S(N)(=O)=O)cc3F)C2)c1.O=C(O)C(F)(F)F. The molecule has 2 heterocycles. The molecule has 1 aromatic heterocycles. The van der Waals surface area contributed by atoms with E-state index in [1.807, 2.05) is 0 Å². The van der Waals surface area contributed by atoms with Crippen molar-refractivity contribution in [1.82, 2.24) is 20.2 Å². The number of carbonyl (C=O) groups excluding carboxylic acids is 1. The highest BCUT2D eigenvalue weighted by Gasteiger charge is 2.48. The Hall–Kier alpha value is -5.76. The first kappa shape index (κ1) is 34.1. The number of nitrogen functional groups attached to an aromatic ring is 1. The van der Waals surface area contributed by atoms with Crippen LogP contribution in [0, 0.1) is 11.2 Å². The van der Waals surface area contributed by atoms with Crippen LogP contribution in [0.2, 0.25) is 0 Å². The van der Waals surface area contributed by atoms with Crippen LogP contribution in [-0.4, -0.2) is 68.9 Å². The molecule has 20 heteroatoms. The normalized spacial score (nSPS) is 15.9. The number of aromatic nitrogens is 4. The minimum absolute atomic E-state index is 0.0263.